The van der Waals surface area contributed by atoms with Crippen LogP contribution in [0.5, 0.6) is 0 Å². The number of amides is 2. The highest BCUT2D eigenvalue weighted by atomic mass is 32.2. The number of aromatic nitrogens is 1. The fourth-order valence-electron chi connectivity index (χ4n) is 5.50. The van der Waals surface area contributed by atoms with Crippen LogP contribution in [0.1, 0.15) is 33.1 Å². The van der Waals surface area contributed by atoms with E-state index in [9.17, 15) is 18.0 Å². The third-order valence-corrected chi connectivity index (χ3v) is 9.95. The van der Waals surface area contributed by atoms with Gasteiger partial charge in [0.05, 0.1) is 12.2 Å². The highest BCUT2D eigenvalue weighted by Crippen LogP contribution is 2.40. The Kier molecular flexibility index (Phi) is 7.59. The summed E-state index contributed by atoms with van der Waals surface area (Å²) in [5, 5.41) is 3.70. The molecule has 2 saturated heterocycles. The summed E-state index contributed by atoms with van der Waals surface area (Å²) in [4.78, 5) is 34.8. The van der Waals surface area contributed by atoms with Crippen molar-refractivity contribution in [3.63, 3.8) is 0 Å². The van der Waals surface area contributed by atoms with E-state index in [2.05, 4.69) is 24.1 Å². The van der Waals surface area contributed by atoms with E-state index in [1.807, 2.05) is 47.4 Å². The average molecular weight is 550 g/mol. The van der Waals surface area contributed by atoms with Crippen LogP contribution in [-0.4, -0.2) is 72.8 Å². The van der Waals surface area contributed by atoms with Gasteiger partial charge in [-0.1, -0.05) is 56.7 Å². The summed E-state index contributed by atoms with van der Waals surface area (Å²) in [5.41, 5.74) is 0.405. The maximum Gasteiger partial charge on any atom is 0.250 e. The Balaban J connectivity index is 1.38. The summed E-state index contributed by atoms with van der Waals surface area (Å²) in [5.74, 6) is 0.0460. The van der Waals surface area contributed by atoms with Gasteiger partial charge in [-0.15, -0.1) is 0 Å². The lowest BCUT2D eigenvalue weighted by Crippen LogP contribution is -2.57. The first-order valence-corrected chi connectivity index (χ1v) is 14.9. The number of carbonyl (C=O) groups excluding carboxylic acids is 2. The van der Waals surface area contributed by atoms with Gasteiger partial charge >= 0.3 is 0 Å². The summed E-state index contributed by atoms with van der Waals surface area (Å²) in [7, 11) is -3.82. The minimum atomic E-state index is -3.82. The van der Waals surface area contributed by atoms with Gasteiger partial charge in [0.1, 0.15) is 17.0 Å². The average Bonchev–Trinajstić information content (AvgIpc) is 3.22. The van der Waals surface area contributed by atoms with Gasteiger partial charge in [0.2, 0.25) is 21.8 Å². The molecule has 39 heavy (non-hydrogen) atoms. The molecule has 2 aromatic carbocycles. The molecule has 9 nitrogen and oxygen atoms in total. The van der Waals surface area contributed by atoms with Crippen molar-refractivity contribution in [2.45, 2.75) is 43.5 Å². The normalized spacial score (nSPS) is 18.6. The van der Waals surface area contributed by atoms with Crippen LogP contribution >= 0.6 is 0 Å². The van der Waals surface area contributed by atoms with Gasteiger partial charge in [0, 0.05) is 36.9 Å². The molecule has 10 heteroatoms. The van der Waals surface area contributed by atoms with Gasteiger partial charge in [-0.3, -0.25) is 14.6 Å². The molecule has 1 unspecified atom stereocenters. The minimum absolute atomic E-state index is 0.0238. The van der Waals surface area contributed by atoms with E-state index in [-0.39, 0.29) is 43.0 Å². The van der Waals surface area contributed by atoms with Gasteiger partial charge in [0.25, 0.3) is 0 Å². The van der Waals surface area contributed by atoms with E-state index < -0.39 is 15.6 Å². The first-order chi connectivity index (χ1) is 18.8. The number of sulfonamides is 1. The van der Waals surface area contributed by atoms with E-state index in [0.717, 1.165) is 17.5 Å². The molecule has 5 rings (SSSR count). The van der Waals surface area contributed by atoms with Crippen molar-refractivity contribution in [3.8, 4) is 0 Å². The van der Waals surface area contributed by atoms with Crippen molar-refractivity contribution in [1.82, 2.24) is 19.5 Å². The largest absolute Gasteiger partial charge is 0.354 e. The molecule has 2 aliphatic heterocycles. The maximum absolute atomic E-state index is 13.9. The first-order valence-electron chi connectivity index (χ1n) is 13.5. The number of hydrogen-bond acceptors (Lipinski definition) is 6. The van der Waals surface area contributed by atoms with Crippen LogP contribution in [0, 0.1) is 5.92 Å². The lowest BCUT2D eigenvalue weighted by atomic mass is 9.86. The van der Waals surface area contributed by atoms with Gasteiger partial charge in [-0.05, 0) is 43.0 Å². The fourth-order valence-corrected chi connectivity index (χ4v) is 7.11. The van der Waals surface area contributed by atoms with E-state index in [0.29, 0.717) is 30.8 Å². The number of hydrogen-bond donors (Lipinski definition) is 1. The maximum atomic E-state index is 13.9. The zero-order valence-corrected chi connectivity index (χ0v) is 23.2. The second-order valence-corrected chi connectivity index (χ2v) is 12.4. The van der Waals surface area contributed by atoms with Gasteiger partial charge in [0.15, 0.2) is 0 Å². The summed E-state index contributed by atoms with van der Waals surface area (Å²) < 4.78 is 28.9. The fraction of sp³-hybridized carbons (Fsp3) is 0.414. The van der Waals surface area contributed by atoms with E-state index in [4.69, 9.17) is 0 Å². The van der Waals surface area contributed by atoms with Crippen molar-refractivity contribution in [2.24, 2.45) is 5.92 Å². The number of carbonyl (C=O) groups is 2. The second kappa shape index (κ2) is 10.9. The van der Waals surface area contributed by atoms with Crippen molar-refractivity contribution in [3.05, 3.63) is 66.9 Å². The molecule has 0 saturated carbocycles. The third-order valence-electron chi connectivity index (χ3n) is 8.02. The Bertz CT molecular complexity index is 1450. The predicted octanol–water partition coefficient (Wildman–Crippen LogP) is 3.23. The molecule has 0 radical (unpaired) electrons. The smallest absolute Gasteiger partial charge is 0.250 e. The zero-order valence-electron chi connectivity index (χ0n) is 22.4. The monoisotopic (exact) mass is 549 g/mol. The van der Waals surface area contributed by atoms with Crippen LogP contribution in [0.25, 0.3) is 10.9 Å². The minimum Gasteiger partial charge on any atom is -0.354 e. The Hall–Kier alpha value is -3.50. The van der Waals surface area contributed by atoms with Crippen LogP contribution < -0.4 is 10.2 Å². The molecule has 1 N–H and O–H groups in total. The standard InChI is InChI=1S/C29H35N5O4S/c1-3-22(2)19-31-26(35)20-32-21-34(24-11-5-4-6-12-24)29(28(32)36)14-17-33(18-15-29)39(37,38)25-13-7-9-23-10-8-16-30-27(23)25/h4-13,16,22H,3,14-15,17-21H2,1-2H3,(H,31,35). The van der Waals surface area contributed by atoms with Crippen LogP contribution in [-0.2, 0) is 19.6 Å². The van der Waals surface area contributed by atoms with Gasteiger partial charge in [-0.2, -0.15) is 4.31 Å². The number of nitrogens with zero attached hydrogens (tertiary/aromatic N) is 4. The van der Waals surface area contributed by atoms with E-state index in [1.165, 1.54) is 4.31 Å². The zero-order chi connectivity index (χ0) is 27.6. The number of rotatable bonds is 8. The van der Waals surface area contributed by atoms with E-state index in [1.54, 1.807) is 29.3 Å². The summed E-state index contributed by atoms with van der Waals surface area (Å²) in [6.45, 7) is 5.35. The lowest BCUT2D eigenvalue weighted by Gasteiger charge is -2.42. The van der Waals surface area contributed by atoms with E-state index >= 15 is 0 Å². The molecule has 1 aromatic heterocycles. The van der Waals surface area contributed by atoms with Crippen LogP contribution in [0.3, 0.4) is 0 Å². The molecule has 2 aliphatic rings. The molecule has 1 spiro atoms. The molecule has 2 fully saturated rings. The number of anilines is 1. The van der Waals surface area contributed by atoms with Gasteiger partial charge < -0.3 is 15.1 Å². The Morgan fingerprint density at radius 1 is 1.05 bits per heavy atom. The summed E-state index contributed by atoms with van der Waals surface area (Å²) in [6.07, 6.45) is 3.20. The number of pyridine rings is 1. The number of nitrogens with one attached hydrogen (secondary N) is 1. The van der Waals surface area contributed by atoms with Crippen molar-refractivity contribution < 1.29 is 18.0 Å². The molecule has 0 aliphatic carbocycles. The molecular weight excluding hydrogens is 514 g/mol. The molecule has 3 aromatic rings. The summed E-state index contributed by atoms with van der Waals surface area (Å²) >= 11 is 0. The molecule has 1 atom stereocenters. The SMILES string of the molecule is CCC(C)CNC(=O)CN1CN(c2ccccc2)C2(CCN(S(=O)(=O)c3cccc4cccnc34)CC2)C1=O. The Morgan fingerprint density at radius 3 is 2.49 bits per heavy atom. The highest BCUT2D eigenvalue weighted by Gasteiger charge is 2.55. The van der Waals surface area contributed by atoms with Crippen LogP contribution in [0.2, 0.25) is 0 Å². The molecule has 2 amide bonds. The highest BCUT2D eigenvalue weighted by molar-refractivity contribution is 7.89. The number of fused-ring (bicyclic) bond motifs is 1. The lowest BCUT2D eigenvalue weighted by molar-refractivity contribution is -0.137. The number of para-hydroxylation sites is 2. The molecular formula is C29H35N5O4S. The van der Waals surface area contributed by atoms with Crippen LogP contribution in [0.15, 0.2) is 71.8 Å². The number of piperidine rings is 1. The third kappa shape index (κ3) is 5.10. The summed E-state index contributed by atoms with van der Waals surface area (Å²) in [6, 6.07) is 18.4. The Labute approximate surface area is 229 Å². The molecule has 206 valence electrons. The first kappa shape index (κ1) is 27.1. The van der Waals surface area contributed by atoms with Crippen molar-refractivity contribution in [1.29, 1.82) is 0 Å². The van der Waals surface area contributed by atoms with Crippen molar-refractivity contribution >= 4 is 38.4 Å². The topological polar surface area (TPSA) is 103 Å². The van der Waals surface area contributed by atoms with Crippen molar-refractivity contribution in [2.75, 3.05) is 37.7 Å². The van der Waals surface area contributed by atoms with Gasteiger partial charge in [-0.25, -0.2) is 8.42 Å². The second-order valence-electron chi connectivity index (χ2n) is 10.5. The molecule has 0 bridgehead atoms. The predicted molar refractivity (Wildman–Crippen MR) is 150 cm³/mol. The van der Waals surface area contributed by atoms with Crippen LogP contribution in [0.4, 0.5) is 5.69 Å². The Morgan fingerprint density at radius 2 is 1.77 bits per heavy atom. The molecule has 3 heterocycles. The quantitative estimate of drug-likeness (QED) is 0.463. The number of benzene rings is 2.